The topological polar surface area (TPSA) is 94.1 Å². The Balaban J connectivity index is 1.85. The van der Waals surface area contributed by atoms with E-state index in [1.165, 1.54) is 4.68 Å². The van der Waals surface area contributed by atoms with E-state index in [4.69, 9.17) is 4.42 Å². The average molecular weight is 333 g/mol. The van der Waals surface area contributed by atoms with Crippen LogP contribution in [-0.4, -0.2) is 40.4 Å². The van der Waals surface area contributed by atoms with Crippen molar-refractivity contribution in [2.75, 3.05) is 20.1 Å². The molecule has 0 aromatic carbocycles. The molecular formula is C16H23N5O3. The molecule has 2 aromatic rings. The number of nitrogens with one attached hydrogen (secondary N) is 2. The third-order valence-electron chi connectivity index (χ3n) is 4.35. The monoisotopic (exact) mass is 333 g/mol. The molecule has 130 valence electrons. The van der Waals surface area contributed by atoms with Gasteiger partial charge in [0.2, 0.25) is 0 Å². The van der Waals surface area contributed by atoms with Crippen LogP contribution in [0, 0.1) is 0 Å². The molecule has 1 aliphatic heterocycles. The van der Waals surface area contributed by atoms with Gasteiger partial charge >= 0.3 is 5.69 Å². The van der Waals surface area contributed by atoms with Crippen molar-refractivity contribution in [2.24, 2.45) is 0 Å². The van der Waals surface area contributed by atoms with Gasteiger partial charge in [0.1, 0.15) is 18.1 Å². The first-order chi connectivity index (χ1) is 11.6. The number of hydrogen-bond donors (Lipinski definition) is 2. The Morgan fingerprint density at radius 3 is 3.00 bits per heavy atom. The number of carbonyl (C=O) groups excluding carboxylic acids is 1. The highest BCUT2D eigenvalue weighted by molar-refractivity contribution is 5.91. The van der Waals surface area contributed by atoms with Crippen LogP contribution in [0.25, 0.3) is 0 Å². The molecule has 1 aliphatic rings. The van der Waals surface area contributed by atoms with Gasteiger partial charge in [-0.15, -0.1) is 0 Å². The molecule has 0 radical (unpaired) electrons. The van der Waals surface area contributed by atoms with Crippen LogP contribution in [0.15, 0.2) is 21.3 Å². The molecule has 1 atom stereocenters. The number of carbonyl (C=O) groups is 1. The Bertz CT molecular complexity index is 767. The lowest BCUT2D eigenvalue weighted by atomic mass is 9.99. The van der Waals surface area contributed by atoms with E-state index in [9.17, 15) is 9.59 Å². The largest absolute Gasteiger partial charge is 0.454 e. The summed E-state index contributed by atoms with van der Waals surface area (Å²) in [5.41, 5.74) is -0.143. The SMILES string of the molecule is CCn1c(C2CCCNC2)nn(Cc2ccc(C(=O)NC)o2)c1=O. The van der Waals surface area contributed by atoms with Gasteiger partial charge in [-0.05, 0) is 38.4 Å². The zero-order valence-electron chi connectivity index (χ0n) is 14.0. The molecule has 1 saturated heterocycles. The molecule has 1 unspecified atom stereocenters. The quantitative estimate of drug-likeness (QED) is 0.832. The third kappa shape index (κ3) is 3.14. The predicted octanol–water partition coefficient (Wildman–Crippen LogP) is 0.533. The normalized spacial score (nSPS) is 17.8. The van der Waals surface area contributed by atoms with Gasteiger partial charge in [0.15, 0.2) is 5.76 Å². The molecule has 3 heterocycles. The van der Waals surface area contributed by atoms with Crippen LogP contribution in [-0.2, 0) is 13.1 Å². The summed E-state index contributed by atoms with van der Waals surface area (Å²) in [6.07, 6.45) is 2.12. The van der Waals surface area contributed by atoms with Crippen molar-refractivity contribution < 1.29 is 9.21 Å². The number of hydrogen-bond acceptors (Lipinski definition) is 5. The smallest absolute Gasteiger partial charge is 0.346 e. The first kappa shape index (κ1) is 16.5. The van der Waals surface area contributed by atoms with E-state index in [1.807, 2.05) is 6.92 Å². The molecule has 24 heavy (non-hydrogen) atoms. The second kappa shape index (κ2) is 7.04. The lowest BCUT2D eigenvalue weighted by molar-refractivity contribution is 0.0933. The maximum atomic E-state index is 12.6. The summed E-state index contributed by atoms with van der Waals surface area (Å²) in [4.78, 5) is 24.1. The van der Waals surface area contributed by atoms with Crippen LogP contribution in [0.1, 0.15) is 47.8 Å². The second-order valence-corrected chi connectivity index (χ2v) is 5.93. The molecule has 0 saturated carbocycles. The number of amides is 1. The van der Waals surface area contributed by atoms with E-state index < -0.39 is 0 Å². The highest BCUT2D eigenvalue weighted by Gasteiger charge is 2.23. The summed E-state index contributed by atoms with van der Waals surface area (Å²) in [6, 6.07) is 3.30. The summed E-state index contributed by atoms with van der Waals surface area (Å²) in [6.45, 7) is 4.62. The molecule has 2 aromatic heterocycles. The zero-order chi connectivity index (χ0) is 17.1. The van der Waals surface area contributed by atoms with Crippen LogP contribution < -0.4 is 16.3 Å². The van der Waals surface area contributed by atoms with E-state index in [0.29, 0.717) is 12.3 Å². The zero-order valence-corrected chi connectivity index (χ0v) is 14.0. The van der Waals surface area contributed by atoms with Crippen molar-refractivity contribution in [3.8, 4) is 0 Å². The van der Waals surface area contributed by atoms with Gasteiger partial charge in [-0.2, -0.15) is 5.10 Å². The number of furan rings is 1. The Hall–Kier alpha value is -2.35. The number of aromatic nitrogens is 3. The van der Waals surface area contributed by atoms with Crippen LogP contribution in [0.5, 0.6) is 0 Å². The van der Waals surface area contributed by atoms with Crippen molar-refractivity contribution in [1.82, 2.24) is 25.0 Å². The summed E-state index contributed by atoms with van der Waals surface area (Å²) >= 11 is 0. The second-order valence-electron chi connectivity index (χ2n) is 5.93. The molecule has 2 N–H and O–H groups in total. The van der Waals surface area contributed by atoms with Crippen LogP contribution in [0.4, 0.5) is 0 Å². The number of nitrogens with zero attached hydrogens (tertiary/aromatic N) is 3. The lowest BCUT2D eigenvalue weighted by Gasteiger charge is -2.21. The summed E-state index contributed by atoms with van der Waals surface area (Å²) in [7, 11) is 1.54. The van der Waals surface area contributed by atoms with Gasteiger partial charge in [-0.3, -0.25) is 9.36 Å². The van der Waals surface area contributed by atoms with Crippen molar-refractivity contribution in [2.45, 2.75) is 38.8 Å². The minimum absolute atomic E-state index is 0.143. The molecule has 0 bridgehead atoms. The van der Waals surface area contributed by atoms with Crippen molar-refractivity contribution in [3.63, 3.8) is 0 Å². The molecule has 8 heteroatoms. The highest BCUT2D eigenvalue weighted by Crippen LogP contribution is 2.20. The van der Waals surface area contributed by atoms with Gasteiger partial charge in [-0.25, -0.2) is 9.48 Å². The minimum Gasteiger partial charge on any atom is -0.454 e. The highest BCUT2D eigenvalue weighted by atomic mass is 16.4. The first-order valence-electron chi connectivity index (χ1n) is 8.33. The predicted molar refractivity (Wildman–Crippen MR) is 88.2 cm³/mol. The maximum absolute atomic E-state index is 12.6. The van der Waals surface area contributed by atoms with Crippen molar-refractivity contribution in [1.29, 1.82) is 0 Å². The maximum Gasteiger partial charge on any atom is 0.346 e. The standard InChI is InChI=1S/C16H23N5O3/c1-3-20-14(11-5-4-8-18-9-11)19-21(16(20)23)10-12-6-7-13(24-12)15(22)17-2/h6-7,11,18H,3-5,8-10H2,1-2H3,(H,17,22). The van der Waals surface area contributed by atoms with E-state index in [1.54, 1.807) is 23.7 Å². The van der Waals surface area contributed by atoms with Gasteiger partial charge in [0.05, 0.1) is 0 Å². The van der Waals surface area contributed by atoms with Crippen molar-refractivity contribution in [3.05, 3.63) is 40.0 Å². The molecule has 8 nitrogen and oxygen atoms in total. The Labute approximate surface area is 139 Å². The Kier molecular flexibility index (Phi) is 4.84. The fourth-order valence-electron chi connectivity index (χ4n) is 3.09. The lowest BCUT2D eigenvalue weighted by Crippen LogP contribution is -2.31. The summed E-state index contributed by atoms with van der Waals surface area (Å²) < 4.78 is 8.63. The van der Waals surface area contributed by atoms with E-state index in [0.717, 1.165) is 31.8 Å². The fraction of sp³-hybridized carbons (Fsp3) is 0.562. The first-order valence-corrected chi connectivity index (χ1v) is 8.33. The van der Waals surface area contributed by atoms with Gasteiger partial charge in [0.25, 0.3) is 5.91 Å². The molecule has 1 amide bonds. The van der Waals surface area contributed by atoms with E-state index in [-0.39, 0.29) is 29.8 Å². The average Bonchev–Trinajstić information content (AvgIpc) is 3.20. The van der Waals surface area contributed by atoms with E-state index in [2.05, 4.69) is 15.7 Å². The van der Waals surface area contributed by atoms with Crippen molar-refractivity contribution >= 4 is 5.91 Å². The Morgan fingerprint density at radius 2 is 2.33 bits per heavy atom. The molecule has 0 spiro atoms. The van der Waals surface area contributed by atoms with Gasteiger partial charge < -0.3 is 15.1 Å². The molecule has 3 rings (SSSR count). The van der Waals surface area contributed by atoms with Gasteiger partial charge in [0, 0.05) is 26.1 Å². The van der Waals surface area contributed by atoms with Crippen LogP contribution in [0.2, 0.25) is 0 Å². The summed E-state index contributed by atoms with van der Waals surface area (Å²) in [5, 5.41) is 10.4. The summed E-state index contributed by atoms with van der Waals surface area (Å²) in [5.74, 6) is 1.55. The van der Waals surface area contributed by atoms with Gasteiger partial charge in [-0.1, -0.05) is 0 Å². The molecule has 0 aliphatic carbocycles. The minimum atomic E-state index is -0.290. The van der Waals surface area contributed by atoms with E-state index >= 15 is 0 Å². The Morgan fingerprint density at radius 1 is 1.50 bits per heavy atom. The third-order valence-corrected chi connectivity index (χ3v) is 4.35. The van der Waals surface area contributed by atoms with Crippen LogP contribution in [0.3, 0.4) is 0 Å². The number of rotatable bonds is 5. The molecular weight excluding hydrogens is 310 g/mol. The van der Waals surface area contributed by atoms with Crippen LogP contribution >= 0.6 is 0 Å². The number of piperidine rings is 1. The fourth-order valence-corrected chi connectivity index (χ4v) is 3.09. The molecule has 1 fully saturated rings.